The lowest BCUT2D eigenvalue weighted by Gasteiger charge is -2.24. The van der Waals surface area contributed by atoms with E-state index in [2.05, 4.69) is 21.2 Å². The van der Waals surface area contributed by atoms with Crippen LogP contribution in [0.25, 0.3) is 0 Å². The number of amides is 1. The largest absolute Gasteiger partial charge is 0.483 e. The highest BCUT2D eigenvalue weighted by Crippen LogP contribution is 2.28. The second-order valence-electron chi connectivity index (χ2n) is 4.96. The van der Waals surface area contributed by atoms with E-state index in [1.807, 2.05) is 19.1 Å². The predicted octanol–water partition coefficient (Wildman–Crippen LogP) is 2.21. The van der Waals surface area contributed by atoms with Crippen molar-refractivity contribution in [2.45, 2.75) is 18.9 Å². The number of halogens is 1. The van der Waals surface area contributed by atoms with Gasteiger partial charge in [0.25, 0.3) is 5.91 Å². The summed E-state index contributed by atoms with van der Waals surface area (Å²) in [4.78, 5) is 23.3. The Balaban J connectivity index is 1.94. The van der Waals surface area contributed by atoms with Crippen LogP contribution in [0.4, 0.5) is 0 Å². The van der Waals surface area contributed by atoms with Gasteiger partial charge in [0, 0.05) is 5.75 Å². The minimum atomic E-state index is -1.16. The summed E-state index contributed by atoms with van der Waals surface area (Å²) in [6.45, 7) is 1.75. The van der Waals surface area contributed by atoms with E-state index in [4.69, 9.17) is 4.74 Å². The molecule has 0 bridgehead atoms. The van der Waals surface area contributed by atoms with Crippen molar-refractivity contribution in [3.8, 4) is 5.75 Å². The number of hydrogen-bond acceptors (Lipinski definition) is 4. The number of hydrogen-bond donors (Lipinski definition) is 2. The molecule has 1 heterocycles. The first-order valence-corrected chi connectivity index (χ1v) is 8.39. The van der Waals surface area contributed by atoms with E-state index >= 15 is 0 Å². The third-order valence-electron chi connectivity index (χ3n) is 3.26. The molecule has 7 heteroatoms. The topological polar surface area (TPSA) is 75.6 Å². The fraction of sp³-hybridized carbons (Fsp3) is 0.429. The van der Waals surface area contributed by atoms with Gasteiger partial charge in [-0.15, -0.1) is 0 Å². The summed E-state index contributed by atoms with van der Waals surface area (Å²) >= 11 is 4.89. The van der Waals surface area contributed by atoms with Gasteiger partial charge in [-0.2, -0.15) is 11.8 Å². The van der Waals surface area contributed by atoms with Gasteiger partial charge in [-0.1, -0.05) is 6.07 Å². The smallest absolute Gasteiger partial charge is 0.330 e. The molecule has 1 aromatic carbocycles. The summed E-state index contributed by atoms with van der Waals surface area (Å²) in [6, 6.07) is 5.54. The molecule has 0 saturated carbocycles. The highest BCUT2D eigenvalue weighted by molar-refractivity contribution is 9.10. The Morgan fingerprint density at radius 3 is 2.86 bits per heavy atom. The number of benzene rings is 1. The first kappa shape index (κ1) is 16.2. The zero-order valence-corrected chi connectivity index (χ0v) is 13.9. The van der Waals surface area contributed by atoms with Crippen molar-refractivity contribution in [2.24, 2.45) is 0 Å². The van der Waals surface area contributed by atoms with E-state index in [9.17, 15) is 14.7 Å². The molecule has 0 aromatic heterocycles. The van der Waals surface area contributed by atoms with E-state index in [1.165, 1.54) is 11.8 Å². The number of nitrogens with one attached hydrogen (secondary N) is 1. The van der Waals surface area contributed by atoms with Crippen LogP contribution in [-0.2, 0) is 9.59 Å². The predicted molar refractivity (Wildman–Crippen MR) is 84.8 cm³/mol. The van der Waals surface area contributed by atoms with Crippen LogP contribution in [-0.4, -0.2) is 40.6 Å². The van der Waals surface area contributed by atoms with Crippen molar-refractivity contribution in [2.75, 3.05) is 18.1 Å². The SMILES string of the molecule is Cc1ccc(OCC(=O)NC2(C(=O)O)CCSC2)c(Br)c1. The fourth-order valence-corrected chi connectivity index (χ4v) is 3.99. The van der Waals surface area contributed by atoms with Crippen LogP contribution >= 0.6 is 27.7 Å². The number of carbonyl (C=O) groups is 2. The second kappa shape index (κ2) is 6.70. The summed E-state index contributed by atoms with van der Waals surface area (Å²) in [5, 5.41) is 11.9. The Kier molecular flexibility index (Phi) is 5.16. The van der Waals surface area contributed by atoms with Crippen molar-refractivity contribution in [1.29, 1.82) is 0 Å². The molecular formula is C14H16BrNO4S. The van der Waals surface area contributed by atoms with E-state index in [1.54, 1.807) is 6.07 Å². The molecule has 1 saturated heterocycles. The van der Waals surface area contributed by atoms with Crippen molar-refractivity contribution >= 4 is 39.6 Å². The lowest BCUT2D eigenvalue weighted by atomic mass is 9.99. The maximum atomic E-state index is 11.9. The Labute approximate surface area is 135 Å². The zero-order valence-electron chi connectivity index (χ0n) is 11.5. The van der Waals surface area contributed by atoms with Crippen molar-refractivity contribution in [3.05, 3.63) is 28.2 Å². The van der Waals surface area contributed by atoms with Crippen LogP contribution in [0.1, 0.15) is 12.0 Å². The molecule has 0 spiro atoms. The monoisotopic (exact) mass is 373 g/mol. The lowest BCUT2D eigenvalue weighted by Crippen LogP contribution is -2.55. The zero-order chi connectivity index (χ0) is 15.5. The molecule has 0 radical (unpaired) electrons. The van der Waals surface area contributed by atoms with Gasteiger partial charge in [-0.25, -0.2) is 4.79 Å². The number of carboxylic acids is 1. The number of aliphatic carboxylic acids is 1. The van der Waals surface area contributed by atoms with Crippen LogP contribution in [0.2, 0.25) is 0 Å². The normalized spacial score (nSPS) is 21.0. The quantitative estimate of drug-likeness (QED) is 0.827. The first-order chi connectivity index (χ1) is 9.93. The number of aryl methyl sites for hydroxylation is 1. The minimum Gasteiger partial charge on any atom is -0.483 e. The molecule has 1 fully saturated rings. The Hall–Kier alpha value is -1.21. The molecule has 5 nitrogen and oxygen atoms in total. The number of thioether (sulfide) groups is 1. The molecule has 1 amide bonds. The summed E-state index contributed by atoms with van der Waals surface area (Å²) in [5.74, 6) is 0.268. The molecule has 0 aliphatic carbocycles. The summed E-state index contributed by atoms with van der Waals surface area (Å²) in [6.07, 6.45) is 0.437. The Morgan fingerprint density at radius 1 is 1.52 bits per heavy atom. The maximum absolute atomic E-state index is 11.9. The van der Waals surface area contributed by atoms with Crippen LogP contribution in [0.5, 0.6) is 5.75 Å². The van der Waals surface area contributed by atoms with E-state index < -0.39 is 17.4 Å². The molecule has 2 rings (SSSR count). The standard InChI is InChI=1S/C14H16BrNO4S/c1-9-2-3-11(10(15)6-9)20-7-12(17)16-14(13(18)19)4-5-21-8-14/h2-3,6H,4-5,7-8H2,1H3,(H,16,17)(H,18,19). The van der Waals surface area contributed by atoms with Gasteiger partial charge in [-0.05, 0) is 52.7 Å². The number of ether oxygens (including phenoxy) is 1. The van der Waals surface area contributed by atoms with Crippen LogP contribution in [0, 0.1) is 6.92 Å². The van der Waals surface area contributed by atoms with Crippen LogP contribution < -0.4 is 10.1 Å². The third-order valence-corrected chi connectivity index (χ3v) is 5.07. The first-order valence-electron chi connectivity index (χ1n) is 6.44. The maximum Gasteiger partial charge on any atom is 0.330 e. The summed E-state index contributed by atoms with van der Waals surface area (Å²) in [7, 11) is 0. The number of rotatable bonds is 5. The average Bonchev–Trinajstić information content (AvgIpc) is 2.87. The molecule has 1 aliphatic rings. The molecular weight excluding hydrogens is 358 g/mol. The van der Waals surface area contributed by atoms with Gasteiger partial charge in [0.1, 0.15) is 11.3 Å². The molecule has 1 aromatic rings. The summed E-state index contributed by atoms with van der Waals surface area (Å²) in [5.41, 5.74) is -0.0817. The van der Waals surface area contributed by atoms with Crippen molar-refractivity contribution in [3.63, 3.8) is 0 Å². The molecule has 1 atom stereocenters. The van der Waals surface area contributed by atoms with Crippen molar-refractivity contribution < 1.29 is 19.4 Å². The third kappa shape index (κ3) is 3.91. The van der Waals surface area contributed by atoms with Gasteiger partial charge in [0.15, 0.2) is 6.61 Å². The van der Waals surface area contributed by atoms with E-state index in [0.717, 1.165) is 15.8 Å². The average molecular weight is 374 g/mol. The van der Waals surface area contributed by atoms with Gasteiger partial charge < -0.3 is 15.2 Å². The second-order valence-corrected chi connectivity index (χ2v) is 6.92. The summed E-state index contributed by atoms with van der Waals surface area (Å²) < 4.78 is 6.19. The van der Waals surface area contributed by atoms with Crippen LogP contribution in [0.15, 0.2) is 22.7 Å². The Morgan fingerprint density at radius 2 is 2.29 bits per heavy atom. The van der Waals surface area contributed by atoms with Crippen molar-refractivity contribution in [1.82, 2.24) is 5.32 Å². The fourth-order valence-electron chi connectivity index (χ4n) is 2.05. The van der Waals surface area contributed by atoms with Gasteiger partial charge in [0.05, 0.1) is 4.47 Å². The Bertz CT molecular complexity index is 558. The van der Waals surface area contributed by atoms with E-state index in [0.29, 0.717) is 17.9 Å². The highest BCUT2D eigenvalue weighted by Gasteiger charge is 2.43. The molecule has 1 aliphatic heterocycles. The minimum absolute atomic E-state index is 0.207. The number of carbonyl (C=O) groups excluding carboxylic acids is 1. The lowest BCUT2D eigenvalue weighted by molar-refractivity contribution is -0.146. The number of carboxylic acid groups (broad SMARTS) is 1. The van der Waals surface area contributed by atoms with Gasteiger partial charge in [0.2, 0.25) is 0 Å². The van der Waals surface area contributed by atoms with Crippen LogP contribution in [0.3, 0.4) is 0 Å². The molecule has 21 heavy (non-hydrogen) atoms. The highest BCUT2D eigenvalue weighted by atomic mass is 79.9. The molecule has 114 valence electrons. The van der Waals surface area contributed by atoms with Gasteiger partial charge in [-0.3, -0.25) is 4.79 Å². The molecule has 2 N–H and O–H groups in total. The van der Waals surface area contributed by atoms with Gasteiger partial charge >= 0.3 is 5.97 Å². The van der Waals surface area contributed by atoms with E-state index in [-0.39, 0.29) is 6.61 Å². The molecule has 1 unspecified atom stereocenters.